The summed E-state index contributed by atoms with van der Waals surface area (Å²) in [5, 5.41) is 20.0. The Morgan fingerprint density at radius 3 is 2.43 bits per heavy atom. The number of carboxylic acids is 1. The van der Waals surface area contributed by atoms with Crippen LogP contribution in [0.1, 0.15) is 16.2 Å². The Labute approximate surface area is 120 Å². The second-order valence-corrected chi connectivity index (χ2v) is 4.53. The average molecular weight is 290 g/mol. The van der Waals surface area contributed by atoms with E-state index in [1.165, 1.54) is 12.1 Å². The molecule has 0 aliphatic rings. The zero-order valence-electron chi connectivity index (χ0n) is 11.8. The van der Waals surface area contributed by atoms with Crippen LogP contribution in [0.3, 0.4) is 0 Å². The van der Waals surface area contributed by atoms with Crippen molar-refractivity contribution in [3.05, 3.63) is 45.8 Å². The maximum atomic E-state index is 11.1. The number of carboxylic acid groups (broad SMARTS) is 1. The van der Waals surface area contributed by atoms with Crippen LogP contribution in [0.15, 0.2) is 24.3 Å². The molecule has 21 heavy (non-hydrogen) atoms. The molecule has 8 heteroatoms. The van der Waals surface area contributed by atoms with Gasteiger partial charge in [-0.15, -0.1) is 0 Å². The van der Waals surface area contributed by atoms with Crippen LogP contribution in [-0.4, -0.2) is 32.6 Å². The standard InChI is InChI=1S/C13H14N4O4/c1-8-14-11(17(20)21)12(15(8)2)16(3)10-6-4-9(5-7-10)13(18)19/h4-7H,1-3H3,(H,18,19). The Morgan fingerprint density at radius 2 is 1.95 bits per heavy atom. The van der Waals surface area contributed by atoms with Gasteiger partial charge in [0.25, 0.3) is 0 Å². The SMILES string of the molecule is Cc1nc([N+](=O)[O-])c(N(C)c2ccc(C(=O)O)cc2)n1C. The number of nitrogens with zero attached hydrogens (tertiary/aromatic N) is 4. The number of anilines is 2. The van der Waals surface area contributed by atoms with Crippen LogP contribution in [0.2, 0.25) is 0 Å². The van der Waals surface area contributed by atoms with Gasteiger partial charge in [0.05, 0.1) is 5.56 Å². The van der Waals surface area contributed by atoms with Crippen molar-refractivity contribution in [1.29, 1.82) is 0 Å². The number of imidazole rings is 1. The molecule has 0 saturated heterocycles. The van der Waals surface area contributed by atoms with E-state index in [4.69, 9.17) is 5.11 Å². The molecule has 2 aromatic rings. The lowest BCUT2D eigenvalue weighted by atomic mass is 10.2. The summed E-state index contributed by atoms with van der Waals surface area (Å²) >= 11 is 0. The first-order chi connectivity index (χ1) is 9.82. The summed E-state index contributed by atoms with van der Waals surface area (Å²) < 4.78 is 1.61. The lowest BCUT2D eigenvalue weighted by Crippen LogP contribution is -2.15. The quantitative estimate of drug-likeness (QED) is 0.683. The zero-order valence-corrected chi connectivity index (χ0v) is 11.8. The van der Waals surface area contributed by atoms with E-state index in [2.05, 4.69) is 4.98 Å². The van der Waals surface area contributed by atoms with E-state index in [0.29, 0.717) is 17.3 Å². The molecule has 1 aromatic carbocycles. The summed E-state index contributed by atoms with van der Waals surface area (Å²) in [6.45, 7) is 1.68. The van der Waals surface area contributed by atoms with Gasteiger partial charge in [0, 0.05) is 26.7 Å². The molecule has 0 aliphatic carbocycles. The number of aromatic nitrogens is 2. The van der Waals surface area contributed by atoms with E-state index in [-0.39, 0.29) is 11.4 Å². The normalized spacial score (nSPS) is 10.4. The van der Waals surface area contributed by atoms with Crippen LogP contribution >= 0.6 is 0 Å². The van der Waals surface area contributed by atoms with Crippen LogP contribution in [0.25, 0.3) is 0 Å². The first kappa shape index (κ1) is 14.5. The highest BCUT2D eigenvalue weighted by Crippen LogP contribution is 2.32. The predicted octanol–water partition coefficient (Wildman–Crippen LogP) is 2.10. The highest BCUT2D eigenvalue weighted by atomic mass is 16.6. The molecular formula is C13H14N4O4. The van der Waals surface area contributed by atoms with Gasteiger partial charge in [-0.05, 0) is 34.2 Å². The van der Waals surface area contributed by atoms with Crippen LogP contribution in [-0.2, 0) is 7.05 Å². The topological polar surface area (TPSA) is 102 Å². The van der Waals surface area contributed by atoms with Gasteiger partial charge in [-0.2, -0.15) is 0 Å². The molecule has 0 bridgehead atoms. The molecule has 0 radical (unpaired) electrons. The maximum Gasteiger partial charge on any atom is 0.407 e. The molecule has 8 nitrogen and oxygen atoms in total. The summed E-state index contributed by atoms with van der Waals surface area (Å²) in [7, 11) is 3.35. The maximum absolute atomic E-state index is 11.1. The lowest BCUT2D eigenvalue weighted by molar-refractivity contribution is -0.388. The van der Waals surface area contributed by atoms with Crippen molar-refractivity contribution in [2.45, 2.75) is 6.92 Å². The van der Waals surface area contributed by atoms with Gasteiger partial charge in [0.15, 0.2) is 0 Å². The van der Waals surface area contributed by atoms with Crippen LogP contribution in [0, 0.1) is 17.0 Å². The van der Waals surface area contributed by atoms with E-state index < -0.39 is 10.9 Å². The lowest BCUT2D eigenvalue weighted by Gasteiger charge is -2.18. The minimum atomic E-state index is -1.02. The van der Waals surface area contributed by atoms with E-state index in [9.17, 15) is 14.9 Å². The van der Waals surface area contributed by atoms with E-state index in [1.807, 2.05) is 0 Å². The van der Waals surface area contributed by atoms with Crippen molar-refractivity contribution in [2.24, 2.45) is 7.05 Å². The van der Waals surface area contributed by atoms with Crippen LogP contribution < -0.4 is 4.90 Å². The van der Waals surface area contributed by atoms with Gasteiger partial charge >= 0.3 is 11.8 Å². The minimum Gasteiger partial charge on any atom is -0.478 e. The van der Waals surface area contributed by atoms with Crippen molar-refractivity contribution in [1.82, 2.24) is 9.55 Å². The zero-order chi connectivity index (χ0) is 15.7. The molecule has 1 heterocycles. The first-order valence-electron chi connectivity index (χ1n) is 6.07. The smallest absolute Gasteiger partial charge is 0.407 e. The van der Waals surface area contributed by atoms with E-state index in [0.717, 1.165) is 0 Å². The van der Waals surface area contributed by atoms with E-state index >= 15 is 0 Å². The number of nitro groups is 1. The largest absolute Gasteiger partial charge is 0.478 e. The predicted molar refractivity (Wildman–Crippen MR) is 76.1 cm³/mol. The Morgan fingerprint density at radius 1 is 1.38 bits per heavy atom. The number of aryl methyl sites for hydroxylation is 1. The highest BCUT2D eigenvalue weighted by Gasteiger charge is 2.27. The molecule has 0 fully saturated rings. The molecule has 0 spiro atoms. The van der Waals surface area contributed by atoms with Gasteiger partial charge in [-0.25, -0.2) is 4.79 Å². The van der Waals surface area contributed by atoms with Crippen molar-refractivity contribution in [3.63, 3.8) is 0 Å². The van der Waals surface area contributed by atoms with Crippen molar-refractivity contribution in [3.8, 4) is 0 Å². The fourth-order valence-corrected chi connectivity index (χ4v) is 2.03. The Bertz CT molecular complexity index is 706. The molecule has 0 aliphatic heterocycles. The number of rotatable bonds is 4. The number of benzene rings is 1. The highest BCUT2D eigenvalue weighted by molar-refractivity contribution is 5.88. The number of hydrogen-bond acceptors (Lipinski definition) is 5. The Balaban J connectivity index is 2.46. The summed E-state index contributed by atoms with van der Waals surface area (Å²) in [5.74, 6) is -0.405. The average Bonchev–Trinajstić information content (AvgIpc) is 2.74. The molecule has 1 aromatic heterocycles. The van der Waals surface area contributed by atoms with Gasteiger partial charge in [-0.3, -0.25) is 4.57 Å². The van der Waals surface area contributed by atoms with Gasteiger partial charge in [0.2, 0.25) is 11.6 Å². The van der Waals surface area contributed by atoms with Crippen LogP contribution in [0.4, 0.5) is 17.3 Å². The molecule has 0 saturated carbocycles. The van der Waals surface area contributed by atoms with Crippen molar-refractivity contribution in [2.75, 3.05) is 11.9 Å². The van der Waals surface area contributed by atoms with Crippen molar-refractivity contribution >= 4 is 23.3 Å². The molecule has 0 unspecified atom stereocenters. The minimum absolute atomic E-state index is 0.155. The monoisotopic (exact) mass is 290 g/mol. The first-order valence-corrected chi connectivity index (χ1v) is 6.07. The van der Waals surface area contributed by atoms with Crippen LogP contribution in [0.5, 0.6) is 0 Å². The third-order valence-corrected chi connectivity index (χ3v) is 3.26. The fourth-order valence-electron chi connectivity index (χ4n) is 2.03. The molecular weight excluding hydrogens is 276 g/mol. The molecule has 2 rings (SSSR count). The summed E-state index contributed by atoms with van der Waals surface area (Å²) in [6.07, 6.45) is 0. The summed E-state index contributed by atoms with van der Waals surface area (Å²) in [4.78, 5) is 26.9. The molecule has 0 atom stereocenters. The third kappa shape index (κ3) is 2.55. The number of hydrogen-bond donors (Lipinski definition) is 1. The van der Waals surface area contributed by atoms with E-state index in [1.54, 1.807) is 42.6 Å². The van der Waals surface area contributed by atoms with Gasteiger partial charge < -0.3 is 20.1 Å². The van der Waals surface area contributed by atoms with Gasteiger partial charge in [0.1, 0.15) is 0 Å². The molecule has 1 N–H and O–H groups in total. The Kier molecular flexibility index (Phi) is 3.62. The number of carbonyl (C=O) groups is 1. The van der Waals surface area contributed by atoms with Crippen molar-refractivity contribution < 1.29 is 14.8 Å². The fraction of sp³-hybridized carbons (Fsp3) is 0.231. The Hall–Kier alpha value is -2.90. The van der Waals surface area contributed by atoms with Gasteiger partial charge in [-0.1, -0.05) is 0 Å². The molecule has 110 valence electrons. The molecule has 0 amide bonds. The number of aromatic carboxylic acids is 1. The second kappa shape index (κ2) is 5.23. The third-order valence-electron chi connectivity index (χ3n) is 3.26. The second-order valence-electron chi connectivity index (χ2n) is 4.53. The summed E-state index contributed by atoms with van der Waals surface area (Å²) in [6, 6.07) is 6.08. The summed E-state index contributed by atoms with van der Waals surface area (Å²) in [5.41, 5.74) is 0.786.